The third kappa shape index (κ3) is 1.23. The van der Waals surface area contributed by atoms with E-state index in [2.05, 4.69) is 9.97 Å². The number of carbonyl (C=O) groups excluding carboxylic acids is 1. The summed E-state index contributed by atoms with van der Waals surface area (Å²) in [6.07, 6.45) is 5.53. The molecule has 1 amide bonds. The molecule has 3 N–H and O–H groups in total. The molecule has 80 valence electrons. The summed E-state index contributed by atoms with van der Waals surface area (Å²) in [5.41, 5.74) is 10.3. The zero-order valence-corrected chi connectivity index (χ0v) is 8.66. The minimum Gasteiger partial charge on any atom is -0.364 e. The Morgan fingerprint density at radius 1 is 1.38 bits per heavy atom. The van der Waals surface area contributed by atoms with E-state index >= 15 is 0 Å². The average molecular weight is 213 g/mol. The predicted molar refractivity (Wildman–Crippen MR) is 59.9 cm³/mol. The lowest BCUT2D eigenvalue weighted by Crippen LogP contribution is -2.11. The second-order valence-electron chi connectivity index (χ2n) is 3.98. The summed E-state index contributed by atoms with van der Waals surface area (Å²) in [7, 11) is 0. The number of fused-ring (bicyclic) bond motifs is 3. The third-order valence-corrected chi connectivity index (χ3v) is 3.00. The van der Waals surface area contributed by atoms with Crippen molar-refractivity contribution in [2.75, 3.05) is 0 Å². The molecule has 0 radical (unpaired) electrons. The molecule has 16 heavy (non-hydrogen) atoms. The topological polar surface area (TPSA) is 71.8 Å². The van der Waals surface area contributed by atoms with Crippen LogP contribution in [0.4, 0.5) is 0 Å². The van der Waals surface area contributed by atoms with Crippen LogP contribution in [0.15, 0.2) is 24.5 Å². The van der Waals surface area contributed by atoms with Crippen molar-refractivity contribution >= 4 is 5.91 Å². The van der Waals surface area contributed by atoms with E-state index in [0.29, 0.717) is 5.69 Å². The zero-order chi connectivity index (χ0) is 11.1. The molecule has 1 aliphatic rings. The maximum absolute atomic E-state index is 11.1. The van der Waals surface area contributed by atoms with Gasteiger partial charge < -0.3 is 10.7 Å². The standard InChI is InChI=1S/C12H11N3O/c13-12(16)10-5-7-1-2-8-6-14-4-3-9(8)11(7)15-10/h3-6,15H,1-2H2,(H2,13,16). The monoisotopic (exact) mass is 213 g/mol. The molecule has 1 aliphatic carbocycles. The zero-order valence-electron chi connectivity index (χ0n) is 8.66. The van der Waals surface area contributed by atoms with E-state index in [1.807, 2.05) is 18.3 Å². The van der Waals surface area contributed by atoms with Crippen LogP contribution >= 0.6 is 0 Å². The van der Waals surface area contributed by atoms with Gasteiger partial charge in [0.25, 0.3) is 5.91 Å². The number of pyridine rings is 1. The van der Waals surface area contributed by atoms with Crippen molar-refractivity contribution in [2.24, 2.45) is 5.73 Å². The van der Waals surface area contributed by atoms with Crippen LogP contribution < -0.4 is 5.73 Å². The van der Waals surface area contributed by atoms with Gasteiger partial charge in [0.05, 0.1) is 0 Å². The maximum Gasteiger partial charge on any atom is 0.265 e. The highest BCUT2D eigenvalue weighted by molar-refractivity contribution is 5.92. The van der Waals surface area contributed by atoms with Crippen LogP contribution in [-0.4, -0.2) is 15.9 Å². The Hall–Kier alpha value is -2.10. The first-order chi connectivity index (χ1) is 7.75. The van der Waals surface area contributed by atoms with Crippen LogP contribution in [0.2, 0.25) is 0 Å². The molecule has 0 atom stereocenters. The first kappa shape index (κ1) is 9.15. The number of aromatic nitrogens is 2. The van der Waals surface area contributed by atoms with E-state index in [4.69, 9.17) is 5.73 Å². The molecule has 3 rings (SSSR count). The Labute approximate surface area is 92.5 Å². The van der Waals surface area contributed by atoms with E-state index in [9.17, 15) is 4.79 Å². The quantitative estimate of drug-likeness (QED) is 0.748. The van der Waals surface area contributed by atoms with E-state index in [1.54, 1.807) is 6.20 Å². The van der Waals surface area contributed by atoms with E-state index < -0.39 is 5.91 Å². The Kier molecular flexibility index (Phi) is 1.83. The summed E-state index contributed by atoms with van der Waals surface area (Å²) in [5.74, 6) is -0.412. The Morgan fingerprint density at radius 2 is 2.19 bits per heavy atom. The number of aryl methyl sites for hydroxylation is 2. The molecule has 4 nitrogen and oxygen atoms in total. The second-order valence-corrected chi connectivity index (χ2v) is 3.98. The highest BCUT2D eigenvalue weighted by atomic mass is 16.1. The van der Waals surface area contributed by atoms with Crippen LogP contribution in [0, 0.1) is 0 Å². The molecule has 2 aromatic rings. The fraction of sp³-hybridized carbons (Fsp3) is 0.167. The van der Waals surface area contributed by atoms with Gasteiger partial charge in [-0.05, 0) is 36.1 Å². The largest absolute Gasteiger partial charge is 0.364 e. The Balaban J connectivity index is 2.20. The number of hydrogen-bond donors (Lipinski definition) is 2. The van der Waals surface area contributed by atoms with Gasteiger partial charge in [-0.25, -0.2) is 0 Å². The molecule has 0 spiro atoms. The Morgan fingerprint density at radius 3 is 3.00 bits per heavy atom. The minimum absolute atomic E-state index is 0.412. The van der Waals surface area contributed by atoms with Gasteiger partial charge in [0.2, 0.25) is 0 Å². The van der Waals surface area contributed by atoms with Gasteiger partial charge >= 0.3 is 0 Å². The average Bonchev–Trinajstić information content (AvgIpc) is 2.73. The van der Waals surface area contributed by atoms with Crippen molar-refractivity contribution in [2.45, 2.75) is 12.8 Å². The molecule has 0 unspecified atom stereocenters. The number of nitrogens with two attached hydrogens (primary N) is 1. The molecule has 2 aromatic heterocycles. The van der Waals surface area contributed by atoms with Crippen molar-refractivity contribution < 1.29 is 4.79 Å². The second kappa shape index (κ2) is 3.20. The van der Waals surface area contributed by atoms with Crippen molar-refractivity contribution in [1.29, 1.82) is 0 Å². The van der Waals surface area contributed by atoms with Gasteiger partial charge in [0.1, 0.15) is 5.69 Å². The van der Waals surface area contributed by atoms with Crippen LogP contribution in [0.3, 0.4) is 0 Å². The van der Waals surface area contributed by atoms with Gasteiger partial charge in [0.15, 0.2) is 0 Å². The van der Waals surface area contributed by atoms with Crippen LogP contribution in [0.5, 0.6) is 0 Å². The van der Waals surface area contributed by atoms with Crippen molar-refractivity contribution in [3.8, 4) is 11.3 Å². The van der Waals surface area contributed by atoms with Gasteiger partial charge in [-0.15, -0.1) is 0 Å². The molecular weight excluding hydrogens is 202 g/mol. The summed E-state index contributed by atoms with van der Waals surface area (Å²) in [5, 5.41) is 0. The third-order valence-electron chi connectivity index (χ3n) is 3.00. The van der Waals surface area contributed by atoms with Crippen LogP contribution in [0.25, 0.3) is 11.3 Å². The number of nitrogens with one attached hydrogen (secondary N) is 1. The molecular formula is C12H11N3O. The number of rotatable bonds is 1. The first-order valence-electron chi connectivity index (χ1n) is 5.20. The smallest absolute Gasteiger partial charge is 0.265 e. The molecule has 0 aromatic carbocycles. The molecule has 0 bridgehead atoms. The number of aromatic amines is 1. The number of primary amides is 1. The van der Waals surface area contributed by atoms with E-state index in [1.165, 1.54) is 5.56 Å². The normalized spacial score (nSPS) is 13.0. The van der Waals surface area contributed by atoms with Crippen LogP contribution in [-0.2, 0) is 12.8 Å². The minimum atomic E-state index is -0.412. The van der Waals surface area contributed by atoms with Crippen LogP contribution in [0.1, 0.15) is 21.6 Å². The van der Waals surface area contributed by atoms with Gasteiger partial charge in [-0.2, -0.15) is 0 Å². The number of carbonyl (C=O) groups is 1. The summed E-state index contributed by atoms with van der Waals surface area (Å²) in [4.78, 5) is 18.3. The molecule has 0 saturated heterocycles. The maximum atomic E-state index is 11.1. The highest BCUT2D eigenvalue weighted by Gasteiger charge is 2.19. The van der Waals surface area contributed by atoms with E-state index in [0.717, 1.165) is 29.7 Å². The van der Waals surface area contributed by atoms with Gasteiger partial charge in [-0.3, -0.25) is 9.78 Å². The fourth-order valence-corrected chi connectivity index (χ4v) is 2.21. The summed E-state index contributed by atoms with van der Waals surface area (Å²) in [6, 6.07) is 3.82. The van der Waals surface area contributed by atoms with E-state index in [-0.39, 0.29) is 0 Å². The SMILES string of the molecule is NC(=O)c1cc2c([nH]1)-c1ccncc1CC2. The van der Waals surface area contributed by atoms with Gasteiger partial charge in [0, 0.05) is 23.7 Å². The summed E-state index contributed by atoms with van der Waals surface area (Å²) < 4.78 is 0. The number of H-pyrrole nitrogens is 1. The lowest BCUT2D eigenvalue weighted by molar-refractivity contribution is 0.0996. The Bertz CT molecular complexity index is 571. The number of hydrogen-bond acceptors (Lipinski definition) is 2. The summed E-state index contributed by atoms with van der Waals surface area (Å²) in [6.45, 7) is 0. The number of nitrogens with zero attached hydrogens (tertiary/aromatic N) is 1. The molecule has 2 heterocycles. The lowest BCUT2D eigenvalue weighted by atomic mass is 9.92. The number of amides is 1. The molecule has 0 saturated carbocycles. The van der Waals surface area contributed by atoms with Gasteiger partial charge in [-0.1, -0.05) is 0 Å². The molecule has 4 heteroatoms. The predicted octanol–water partition coefficient (Wildman–Crippen LogP) is 1.27. The van der Waals surface area contributed by atoms with Crippen molar-refractivity contribution in [3.63, 3.8) is 0 Å². The first-order valence-corrected chi connectivity index (χ1v) is 5.20. The van der Waals surface area contributed by atoms with Crippen molar-refractivity contribution in [1.82, 2.24) is 9.97 Å². The molecule has 0 aliphatic heterocycles. The molecule has 0 fully saturated rings. The van der Waals surface area contributed by atoms with Crippen molar-refractivity contribution in [3.05, 3.63) is 41.3 Å². The lowest BCUT2D eigenvalue weighted by Gasteiger charge is -2.14. The fourth-order valence-electron chi connectivity index (χ4n) is 2.21. The highest BCUT2D eigenvalue weighted by Crippen LogP contribution is 2.32. The summed E-state index contributed by atoms with van der Waals surface area (Å²) >= 11 is 0.